The molecule has 0 saturated carbocycles. The third-order valence-corrected chi connectivity index (χ3v) is 4.02. The van der Waals surface area contributed by atoms with Crippen molar-refractivity contribution < 1.29 is 0 Å². The standard InChI is InChI=1S/C17H15Br/c1-17(18)11-9-14(10-12-17)16-8-4-6-13-5-2-3-7-15(13)16/h2-11H,12H2,1H3. The van der Waals surface area contributed by atoms with Crippen molar-refractivity contribution >= 4 is 32.3 Å². The molecule has 0 aromatic heterocycles. The molecule has 0 bridgehead atoms. The highest BCUT2D eigenvalue weighted by molar-refractivity contribution is 9.10. The van der Waals surface area contributed by atoms with E-state index in [1.54, 1.807) is 0 Å². The number of benzene rings is 2. The largest absolute Gasteiger partial charge is 0.0807 e. The first-order valence-electron chi connectivity index (χ1n) is 6.22. The number of hydrogen-bond acceptors (Lipinski definition) is 0. The maximum Gasteiger partial charge on any atom is 0.0446 e. The fourth-order valence-corrected chi connectivity index (χ4v) is 2.68. The van der Waals surface area contributed by atoms with Crippen LogP contribution in [0, 0.1) is 0 Å². The predicted molar refractivity (Wildman–Crippen MR) is 83.0 cm³/mol. The molecule has 0 spiro atoms. The molecule has 0 saturated heterocycles. The molecule has 0 amide bonds. The van der Waals surface area contributed by atoms with E-state index in [-0.39, 0.29) is 4.32 Å². The first-order valence-corrected chi connectivity index (χ1v) is 7.01. The molecule has 0 heterocycles. The minimum absolute atomic E-state index is 0.112. The molecule has 18 heavy (non-hydrogen) atoms. The summed E-state index contributed by atoms with van der Waals surface area (Å²) < 4.78 is 0.112. The van der Waals surface area contributed by atoms with Crippen LogP contribution in [0.1, 0.15) is 18.9 Å². The summed E-state index contributed by atoms with van der Waals surface area (Å²) >= 11 is 3.71. The second-order valence-electron chi connectivity index (χ2n) is 5.00. The van der Waals surface area contributed by atoms with Crippen LogP contribution in [0.2, 0.25) is 0 Å². The number of allylic oxidation sites excluding steroid dienone is 4. The molecule has 1 unspecified atom stereocenters. The van der Waals surface area contributed by atoms with Crippen molar-refractivity contribution in [1.82, 2.24) is 0 Å². The van der Waals surface area contributed by atoms with Crippen molar-refractivity contribution in [2.45, 2.75) is 17.7 Å². The lowest BCUT2D eigenvalue weighted by Gasteiger charge is -2.21. The van der Waals surface area contributed by atoms with Crippen molar-refractivity contribution in [2.75, 3.05) is 0 Å². The summed E-state index contributed by atoms with van der Waals surface area (Å²) in [6.07, 6.45) is 7.81. The Morgan fingerprint density at radius 2 is 1.83 bits per heavy atom. The molecule has 2 aromatic rings. The topological polar surface area (TPSA) is 0 Å². The van der Waals surface area contributed by atoms with Gasteiger partial charge in [0.1, 0.15) is 0 Å². The molecule has 0 fully saturated rings. The third kappa shape index (κ3) is 2.15. The Labute approximate surface area is 116 Å². The van der Waals surface area contributed by atoms with Crippen LogP contribution in [0.15, 0.2) is 60.7 Å². The van der Waals surface area contributed by atoms with Crippen LogP contribution < -0.4 is 0 Å². The monoisotopic (exact) mass is 298 g/mol. The zero-order valence-corrected chi connectivity index (χ0v) is 11.9. The molecule has 0 aliphatic heterocycles. The van der Waals surface area contributed by atoms with E-state index in [0.29, 0.717) is 0 Å². The molecule has 0 N–H and O–H groups in total. The fraction of sp³-hybridized carbons (Fsp3) is 0.176. The number of alkyl halides is 1. The lowest BCUT2D eigenvalue weighted by atomic mass is 9.91. The average molecular weight is 299 g/mol. The molecule has 2 aromatic carbocycles. The Morgan fingerprint density at radius 1 is 1.06 bits per heavy atom. The van der Waals surface area contributed by atoms with Crippen LogP contribution in [0.25, 0.3) is 16.3 Å². The second kappa shape index (κ2) is 4.40. The normalized spacial score (nSPS) is 23.1. The molecule has 3 rings (SSSR count). The smallest absolute Gasteiger partial charge is 0.0446 e. The first kappa shape index (κ1) is 11.7. The Morgan fingerprint density at radius 3 is 2.61 bits per heavy atom. The predicted octanol–water partition coefficient (Wildman–Crippen LogP) is 5.34. The van der Waals surface area contributed by atoms with Crippen LogP contribution in [0.5, 0.6) is 0 Å². The van der Waals surface area contributed by atoms with Crippen molar-refractivity contribution in [3.05, 3.63) is 66.3 Å². The van der Waals surface area contributed by atoms with E-state index in [2.05, 4.69) is 83.5 Å². The zero-order chi connectivity index (χ0) is 12.6. The van der Waals surface area contributed by atoms with Crippen LogP contribution in [-0.2, 0) is 0 Å². The van der Waals surface area contributed by atoms with E-state index >= 15 is 0 Å². The Hall–Kier alpha value is -1.34. The number of fused-ring (bicyclic) bond motifs is 1. The van der Waals surface area contributed by atoms with Gasteiger partial charge >= 0.3 is 0 Å². The number of halogens is 1. The zero-order valence-electron chi connectivity index (χ0n) is 10.4. The summed E-state index contributed by atoms with van der Waals surface area (Å²) in [6.45, 7) is 2.19. The van der Waals surface area contributed by atoms with Crippen LogP contribution in [0.3, 0.4) is 0 Å². The first-order chi connectivity index (χ1) is 8.66. The minimum Gasteiger partial charge on any atom is -0.0807 e. The van der Waals surface area contributed by atoms with Gasteiger partial charge < -0.3 is 0 Å². The van der Waals surface area contributed by atoms with Crippen molar-refractivity contribution in [3.8, 4) is 0 Å². The van der Waals surface area contributed by atoms with Gasteiger partial charge in [0.15, 0.2) is 0 Å². The van der Waals surface area contributed by atoms with Crippen molar-refractivity contribution in [1.29, 1.82) is 0 Å². The van der Waals surface area contributed by atoms with Gasteiger partial charge in [-0.15, -0.1) is 0 Å². The lowest BCUT2D eigenvalue weighted by Crippen LogP contribution is -2.12. The van der Waals surface area contributed by atoms with Gasteiger partial charge in [0, 0.05) is 4.32 Å². The Bertz CT molecular complexity index is 642. The molecular formula is C17H15Br. The molecule has 90 valence electrons. The maximum atomic E-state index is 3.71. The Balaban J connectivity index is 2.12. The van der Waals surface area contributed by atoms with E-state index in [4.69, 9.17) is 0 Å². The third-order valence-electron chi connectivity index (χ3n) is 3.43. The molecule has 1 aliphatic rings. The Kier molecular flexibility index (Phi) is 2.87. The van der Waals surface area contributed by atoms with E-state index in [0.717, 1.165) is 6.42 Å². The van der Waals surface area contributed by atoms with Gasteiger partial charge in [-0.1, -0.05) is 76.6 Å². The van der Waals surface area contributed by atoms with Gasteiger partial charge in [-0.05, 0) is 35.3 Å². The molecule has 1 atom stereocenters. The molecule has 0 nitrogen and oxygen atoms in total. The highest BCUT2D eigenvalue weighted by Gasteiger charge is 2.19. The number of hydrogen-bond donors (Lipinski definition) is 0. The van der Waals surface area contributed by atoms with Crippen LogP contribution in [-0.4, -0.2) is 4.32 Å². The lowest BCUT2D eigenvalue weighted by molar-refractivity contribution is 0.818. The van der Waals surface area contributed by atoms with E-state index in [1.807, 2.05) is 0 Å². The van der Waals surface area contributed by atoms with Gasteiger partial charge in [-0.2, -0.15) is 0 Å². The second-order valence-corrected chi connectivity index (χ2v) is 6.81. The molecule has 1 heteroatoms. The van der Waals surface area contributed by atoms with Gasteiger partial charge in [-0.25, -0.2) is 0 Å². The van der Waals surface area contributed by atoms with Crippen molar-refractivity contribution in [3.63, 3.8) is 0 Å². The maximum absolute atomic E-state index is 3.71. The van der Waals surface area contributed by atoms with Gasteiger partial charge in [0.2, 0.25) is 0 Å². The SMILES string of the molecule is CC1(Br)C=CC(c2cccc3ccccc23)=CC1. The van der Waals surface area contributed by atoms with Gasteiger partial charge in [0.05, 0.1) is 0 Å². The van der Waals surface area contributed by atoms with Crippen LogP contribution >= 0.6 is 15.9 Å². The molecule has 0 radical (unpaired) electrons. The number of rotatable bonds is 1. The van der Waals surface area contributed by atoms with Crippen molar-refractivity contribution in [2.24, 2.45) is 0 Å². The summed E-state index contributed by atoms with van der Waals surface area (Å²) in [5, 5.41) is 2.63. The van der Waals surface area contributed by atoms with Gasteiger partial charge in [0.25, 0.3) is 0 Å². The average Bonchev–Trinajstić information content (AvgIpc) is 2.38. The van der Waals surface area contributed by atoms with Crippen LogP contribution in [0.4, 0.5) is 0 Å². The van der Waals surface area contributed by atoms with E-state index < -0.39 is 0 Å². The highest BCUT2D eigenvalue weighted by Crippen LogP contribution is 2.34. The summed E-state index contributed by atoms with van der Waals surface area (Å²) in [7, 11) is 0. The van der Waals surface area contributed by atoms with E-state index in [9.17, 15) is 0 Å². The minimum atomic E-state index is 0.112. The van der Waals surface area contributed by atoms with E-state index in [1.165, 1.54) is 21.9 Å². The summed E-state index contributed by atoms with van der Waals surface area (Å²) in [6, 6.07) is 15.1. The summed E-state index contributed by atoms with van der Waals surface area (Å²) in [5.41, 5.74) is 2.65. The molecule has 1 aliphatic carbocycles. The quantitative estimate of drug-likeness (QED) is 0.624. The molecular weight excluding hydrogens is 284 g/mol. The summed E-state index contributed by atoms with van der Waals surface area (Å²) in [4.78, 5) is 0. The fourth-order valence-electron chi connectivity index (χ4n) is 2.39. The van der Waals surface area contributed by atoms with Gasteiger partial charge in [-0.3, -0.25) is 0 Å². The highest BCUT2D eigenvalue weighted by atomic mass is 79.9. The summed E-state index contributed by atoms with van der Waals surface area (Å²) in [5.74, 6) is 0.